The Hall–Kier alpha value is -3.69. The molecule has 4 N–H and O–H groups in total. The van der Waals surface area contributed by atoms with E-state index in [1.54, 1.807) is 20.2 Å². The molecule has 2 saturated carbocycles. The molecule has 0 saturated heterocycles. The summed E-state index contributed by atoms with van der Waals surface area (Å²) in [5.74, 6) is -10.4. The van der Waals surface area contributed by atoms with Crippen LogP contribution in [0, 0.1) is 37.5 Å². The number of amides is 1. The maximum absolute atomic E-state index is 13.9. The van der Waals surface area contributed by atoms with E-state index in [0.717, 1.165) is 22.3 Å². The monoisotopic (exact) mass is 518 g/mol. The summed E-state index contributed by atoms with van der Waals surface area (Å²) in [6, 6.07) is 8.00. The first-order valence-corrected chi connectivity index (χ1v) is 12.6. The van der Waals surface area contributed by atoms with Gasteiger partial charge in [0, 0.05) is 5.92 Å². The summed E-state index contributed by atoms with van der Waals surface area (Å²) in [4.78, 5) is 67.8. The number of aryl methyl sites for hydroxylation is 2. The van der Waals surface area contributed by atoms with Crippen molar-refractivity contribution >= 4 is 29.0 Å². The number of carbonyl (C=O) groups is 5. The van der Waals surface area contributed by atoms with Gasteiger partial charge in [-0.2, -0.15) is 0 Å². The summed E-state index contributed by atoms with van der Waals surface area (Å²) < 4.78 is 0. The normalized spacial score (nSPS) is 30.6. The third-order valence-electron chi connectivity index (χ3n) is 8.48. The molecule has 2 aromatic carbocycles. The maximum atomic E-state index is 13.9. The van der Waals surface area contributed by atoms with E-state index >= 15 is 0 Å². The summed E-state index contributed by atoms with van der Waals surface area (Å²) in [5.41, 5.74) is 6.87. The minimum Gasteiger partial charge on any atom is -0.507 e. The summed E-state index contributed by atoms with van der Waals surface area (Å²) in [7, 11) is 3.12. The van der Waals surface area contributed by atoms with Gasteiger partial charge in [-0.1, -0.05) is 35.4 Å². The van der Waals surface area contributed by atoms with Crippen molar-refractivity contribution in [3.05, 3.63) is 52.6 Å². The van der Waals surface area contributed by atoms with Crippen molar-refractivity contribution < 1.29 is 34.2 Å². The largest absolute Gasteiger partial charge is 0.507 e. The maximum Gasteiger partial charge on any atom is 0.235 e. The average molecular weight is 519 g/mol. The van der Waals surface area contributed by atoms with Gasteiger partial charge in [0.15, 0.2) is 34.7 Å². The van der Waals surface area contributed by atoms with Gasteiger partial charge in [0.25, 0.3) is 0 Å². The van der Waals surface area contributed by atoms with Crippen molar-refractivity contribution in [3.63, 3.8) is 0 Å². The Kier molecular flexibility index (Phi) is 5.92. The van der Waals surface area contributed by atoms with Gasteiger partial charge in [-0.05, 0) is 69.5 Å². The molecule has 0 aliphatic heterocycles. The molecule has 2 fully saturated rings. The highest BCUT2D eigenvalue weighted by molar-refractivity contribution is 6.32. The van der Waals surface area contributed by atoms with Crippen LogP contribution in [0.5, 0.6) is 5.75 Å². The van der Waals surface area contributed by atoms with Gasteiger partial charge in [0.2, 0.25) is 5.91 Å². The molecule has 3 aliphatic rings. The Morgan fingerprint density at radius 2 is 1.66 bits per heavy atom. The number of benzene rings is 2. The molecule has 9 nitrogen and oxygen atoms in total. The fourth-order valence-electron chi connectivity index (χ4n) is 7.01. The number of fused-ring (bicyclic) bond motifs is 3. The number of nitrogens with zero attached hydrogens (tertiary/aromatic N) is 1. The Balaban J connectivity index is 1.67. The molecule has 6 unspecified atom stereocenters. The number of phenolic OH excluding ortho intramolecular Hbond substituents is 1. The number of primary amides is 1. The number of carbonyl (C=O) groups excluding carboxylic acids is 5. The van der Waals surface area contributed by atoms with Crippen LogP contribution in [0.25, 0.3) is 11.1 Å². The fraction of sp³-hybridized carbons (Fsp3) is 0.414. The fourth-order valence-corrected chi connectivity index (χ4v) is 7.01. The SMILES string of the molecule is Cc1cc(C)cc(-c2ccc(O)c3c2CC2CC4C(N(C)C)C(=O)C(C(N)=O)C(=O)C4(O)C(=O)C2C3=O)c1. The summed E-state index contributed by atoms with van der Waals surface area (Å²) >= 11 is 0. The minimum atomic E-state index is -2.72. The Bertz CT molecular complexity index is 1420. The Labute approximate surface area is 219 Å². The lowest BCUT2D eigenvalue weighted by molar-refractivity contribution is -0.181. The zero-order chi connectivity index (χ0) is 27.8. The van der Waals surface area contributed by atoms with Crippen molar-refractivity contribution in [2.24, 2.45) is 29.4 Å². The number of rotatable bonds is 3. The topological polar surface area (TPSA) is 155 Å². The summed E-state index contributed by atoms with van der Waals surface area (Å²) in [5, 5.41) is 22.4. The van der Waals surface area contributed by atoms with Crippen LogP contribution in [0.3, 0.4) is 0 Å². The van der Waals surface area contributed by atoms with Crippen molar-refractivity contribution in [2.75, 3.05) is 14.1 Å². The van der Waals surface area contributed by atoms with E-state index in [1.807, 2.05) is 32.0 Å². The van der Waals surface area contributed by atoms with Gasteiger partial charge < -0.3 is 15.9 Å². The van der Waals surface area contributed by atoms with Crippen LogP contribution in [-0.2, 0) is 25.6 Å². The minimum absolute atomic E-state index is 0.00625. The van der Waals surface area contributed by atoms with E-state index in [-0.39, 0.29) is 24.2 Å². The molecule has 38 heavy (non-hydrogen) atoms. The van der Waals surface area contributed by atoms with Crippen LogP contribution in [0.15, 0.2) is 30.3 Å². The first kappa shape index (κ1) is 25.9. The molecule has 5 rings (SSSR count). The van der Waals surface area contributed by atoms with E-state index in [2.05, 4.69) is 0 Å². The molecular formula is C29H30N2O7. The van der Waals surface area contributed by atoms with Crippen LogP contribution in [0.4, 0.5) is 0 Å². The highest BCUT2D eigenvalue weighted by Gasteiger charge is 2.69. The molecule has 0 radical (unpaired) electrons. The molecule has 3 aliphatic carbocycles. The predicted octanol–water partition coefficient (Wildman–Crippen LogP) is 1.15. The molecular weight excluding hydrogens is 488 g/mol. The lowest BCUT2D eigenvalue weighted by Crippen LogP contribution is -2.74. The second-order valence-electron chi connectivity index (χ2n) is 11.2. The molecule has 198 valence electrons. The lowest BCUT2D eigenvalue weighted by Gasteiger charge is -2.52. The second-order valence-corrected chi connectivity index (χ2v) is 11.2. The zero-order valence-electron chi connectivity index (χ0n) is 21.6. The van der Waals surface area contributed by atoms with E-state index in [9.17, 15) is 34.2 Å². The number of hydrogen-bond donors (Lipinski definition) is 3. The van der Waals surface area contributed by atoms with Crippen LogP contribution < -0.4 is 5.73 Å². The highest BCUT2D eigenvalue weighted by Crippen LogP contribution is 2.51. The van der Waals surface area contributed by atoms with E-state index in [4.69, 9.17) is 5.73 Å². The van der Waals surface area contributed by atoms with Gasteiger partial charge in [-0.3, -0.25) is 28.9 Å². The molecule has 0 bridgehead atoms. The molecule has 1 amide bonds. The summed E-state index contributed by atoms with van der Waals surface area (Å²) in [6.07, 6.45) is 0.244. The third kappa shape index (κ3) is 3.49. The van der Waals surface area contributed by atoms with Gasteiger partial charge in [0.1, 0.15) is 5.75 Å². The number of Topliss-reactive ketones (excluding diaryl/α,β-unsaturated/α-hetero) is 4. The number of nitrogens with two attached hydrogens (primary N) is 1. The van der Waals surface area contributed by atoms with Crippen LogP contribution in [0.2, 0.25) is 0 Å². The van der Waals surface area contributed by atoms with Crippen LogP contribution in [-0.4, -0.2) is 69.9 Å². The van der Waals surface area contributed by atoms with Crippen LogP contribution in [0.1, 0.15) is 33.5 Å². The molecule has 0 aromatic heterocycles. The molecule has 0 heterocycles. The van der Waals surface area contributed by atoms with Gasteiger partial charge in [-0.25, -0.2) is 0 Å². The quantitative estimate of drug-likeness (QED) is 0.511. The number of phenols is 1. The summed E-state index contributed by atoms with van der Waals surface area (Å²) in [6.45, 7) is 3.92. The van der Waals surface area contributed by atoms with E-state index < -0.39 is 64.4 Å². The molecule has 6 atom stereocenters. The van der Waals surface area contributed by atoms with Gasteiger partial charge in [-0.15, -0.1) is 0 Å². The second kappa shape index (κ2) is 8.68. The Morgan fingerprint density at radius 3 is 2.24 bits per heavy atom. The number of aliphatic hydroxyl groups is 1. The van der Waals surface area contributed by atoms with Crippen molar-refractivity contribution in [1.29, 1.82) is 0 Å². The van der Waals surface area contributed by atoms with Crippen molar-refractivity contribution in [1.82, 2.24) is 4.90 Å². The molecule has 2 aromatic rings. The first-order chi connectivity index (χ1) is 17.8. The smallest absolute Gasteiger partial charge is 0.235 e. The number of ketones is 4. The third-order valence-corrected chi connectivity index (χ3v) is 8.48. The number of likely N-dealkylation sites (N-methyl/N-ethyl adjacent to an activating group) is 1. The van der Waals surface area contributed by atoms with Gasteiger partial charge >= 0.3 is 0 Å². The zero-order valence-corrected chi connectivity index (χ0v) is 21.6. The van der Waals surface area contributed by atoms with Crippen molar-refractivity contribution in [3.8, 4) is 16.9 Å². The molecule has 9 heteroatoms. The first-order valence-electron chi connectivity index (χ1n) is 12.6. The van der Waals surface area contributed by atoms with Crippen molar-refractivity contribution in [2.45, 2.75) is 38.3 Å². The van der Waals surface area contributed by atoms with E-state index in [1.165, 1.54) is 11.0 Å². The molecule has 0 spiro atoms. The number of aromatic hydroxyl groups is 1. The highest BCUT2D eigenvalue weighted by atomic mass is 16.3. The average Bonchev–Trinajstić information content (AvgIpc) is 2.80. The predicted molar refractivity (Wildman–Crippen MR) is 136 cm³/mol. The van der Waals surface area contributed by atoms with Crippen LogP contribution >= 0.6 is 0 Å². The van der Waals surface area contributed by atoms with E-state index in [0.29, 0.717) is 5.56 Å². The number of hydrogen-bond acceptors (Lipinski definition) is 8. The standard InChI is InChI=1S/C29H30N2O7/c1-12-7-13(2)9-14(8-12)16-5-6-19(32)21-17(16)10-15-11-18-23(31(3)4)25(34)22(28(30)37)27(36)29(18,38)26(35)20(15)24(21)33/h5-9,15,18,20,22-23,32,38H,10-11H2,1-4H3,(H2,30,37). The Morgan fingerprint density at radius 1 is 1.03 bits per heavy atom. The lowest BCUT2D eigenvalue weighted by atomic mass is 9.52. The van der Waals surface area contributed by atoms with Gasteiger partial charge in [0.05, 0.1) is 17.5 Å².